The second kappa shape index (κ2) is 6.49. The number of anilines is 1. The van der Waals surface area contributed by atoms with Gasteiger partial charge in [-0.3, -0.25) is 0 Å². The Hall–Kier alpha value is -2.53. The second-order valence-electron chi connectivity index (χ2n) is 4.80. The highest BCUT2D eigenvalue weighted by atomic mass is 35.5. The summed E-state index contributed by atoms with van der Waals surface area (Å²) in [4.78, 5) is 15.9. The highest BCUT2D eigenvalue weighted by Crippen LogP contribution is 2.15. The topological polar surface area (TPSA) is 67.2 Å². The first kappa shape index (κ1) is 14.4. The van der Waals surface area contributed by atoms with Gasteiger partial charge in [-0.05, 0) is 42.3 Å². The van der Waals surface area contributed by atoms with Crippen LogP contribution in [0.4, 0.5) is 10.5 Å². The van der Waals surface area contributed by atoms with Crippen LogP contribution in [0.5, 0.6) is 0 Å². The summed E-state index contributed by atoms with van der Waals surface area (Å²) in [6, 6.07) is 12.5. The van der Waals surface area contributed by atoms with Gasteiger partial charge in [0.15, 0.2) is 12.0 Å². The molecule has 2 aromatic carbocycles. The van der Waals surface area contributed by atoms with Gasteiger partial charge in [-0.1, -0.05) is 23.7 Å². The Bertz CT molecular complexity index is 801. The standard InChI is InChI=1S/C16H14ClN3O2/c17-12-2-1-3-13(9-12)20-16(21)18-7-6-11-4-5-15-14(8-11)19-10-22-15/h1-5,8-10H,6-7H2,(H2,18,20,21). The molecule has 22 heavy (non-hydrogen) atoms. The number of fused-ring (bicyclic) bond motifs is 1. The van der Waals surface area contributed by atoms with Crippen molar-refractivity contribution in [3.63, 3.8) is 0 Å². The van der Waals surface area contributed by atoms with E-state index in [1.807, 2.05) is 18.2 Å². The molecule has 0 atom stereocenters. The molecule has 0 saturated heterocycles. The van der Waals surface area contributed by atoms with Gasteiger partial charge in [-0.15, -0.1) is 0 Å². The highest BCUT2D eigenvalue weighted by Gasteiger charge is 2.03. The summed E-state index contributed by atoms with van der Waals surface area (Å²) in [5.74, 6) is 0. The van der Waals surface area contributed by atoms with Crippen LogP contribution >= 0.6 is 11.6 Å². The number of hydrogen-bond acceptors (Lipinski definition) is 3. The zero-order valence-electron chi connectivity index (χ0n) is 11.7. The number of rotatable bonds is 4. The highest BCUT2D eigenvalue weighted by molar-refractivity contribution is 6.30. The van der Waals surface area contributed by atoms with Crippen LogP contribution in [0.1, 0.15) is 5.56 Å². The van der Waals surface area contributed by atoms with Gasteiger partial charge in [0, 0.05) is 17.3 Å². The molecule has 0 spiro atoms. The number of hydrogen-bond donors (Lipinski definition) is 2. The average molecular weight is 316 g/mol. The number of benzene rings is 2. The largest absolute Gasteiger partial charge is 0.443 e. The summed E-state index contributed by atoms with van der Waals surface area (Å²) in [6.07, 6.45) is 2.14. The molecule has 0 radical (unpaired) electrons. The van der Waals surface area contributed by atoms with E-state index in [9.17, 15) is 4.79 Å². The van der Waals surface area contributed by atoms with E-state index in [0.29, 0.717) is 23.7 Å². The molecule has 0 fully saturated rings. The minimum absolute atomic E-state index is 0.259. The third-order valence-electron chi connectivity index (χ3n) is 3.18. The molecule has 2 N–H and O–H groups in total. The molecule has 5 nitrogen and oxygen atoms in total. The summed E-state index contributed by atoms with van der Waals surface area (Å²) in [7, 11) is 0. The molecule has 1 heterocycles. The Kier molecular flexibility index (Phi) is 4.25. The number of carbonyl (C=O) groups is 1. The number of oxazole rings is 1. The Morgan fingerprint density at radius 2 is 2.14 bits per heavy atom. The molecule has 3 aromatic rings. The van der Waals surface area contributed by atoms with Crippen molar-refractivity contribution >= 4 is 34.4 Å². The van der Waals surface area contributed by atoms with Crippen LogP contribution in [0.15, 0.2) is 53.3 Å². The van der Waals surface area contributed by atoms with Gasteiger partial charge in [-0.2, -0.15) is 0 Å². The van der Waals surface area contributed by atoms with E-state index in [2.05, 4.69) is 15.6 Å². The Labute approximate surface area is 132 Å². The van der Waals surface area contributed by atoms with Gasteiger partial charge in [-0.25, -0.2) is 9.78 Å². The Balaban J connectivity index is 1.50. The first-order valence-electron chi connectivity index (χ1n) is 6.83. The number of aromatic nitrogens is 1. The molecule has 1 aromatic heterocycles. The van der Waals surface area contributed by atoms with E-state index in [1.165, 1.54) is 6.39 Å². The van der Waals surface area contributed by atoms with Crippen LogP contribution < -0.4 is 10.6 Å². The number of nitrogens with one attached hydrogen (secondary N) is 2. The minimum atomic E-state index is -0.259. The molecular formula is C16H14ClN3O2. The second-order valence-corrected chi connectivity index (χ2v) is 5.23. The number of carbonyl (C=O) groups excluding carboxylic acids is 1. The quantitative estimate of drug-likeness (QED) is 0.768. The van der Waals surface area contributed by atoms with E-state index < -0.39 is 0 Å². The summed E-state index contributed by atoms with van der Waals surface area (Å²) in [5.41, 5.74) is 3.33. The van der Waals surface area contributed by atoms with Gasteiger partial charge in [0.1, 0.15) is 5.52 Å². The smallest absolute Gasteiger partial charge is 0.319 e. The van der Waals surface area contributed by atoms with Gasteiger partial charge in [0.2, 0.25) is 0 Å². The zero-order chi connectivity index (χ0) is 15.4. The van der Waals surface area contributed by atoms with Crippen LogP contribution in [0, 0.1) is 0 Å². The molecular weight excluding hydrogens is 302 g/mol. The number of urea groups is 1. The monoisotopic (exact) mass is 315 g/mol. The molecule has 3 rings (SSSR count). The molecule has 0 saturated carbocycles. The van der Waals surface area contributed by atoms with Gasteiger partial charge in [0.25, 0.3) is 0 Å². The normalized spacial score (nSPS) is 10.6. The predicted octanol–water partition coefficient (Wildman–Crippen LogP) is 3.85. The fourth-order valence-electron chi connectivity index (χ4n) is 2.12. The van der Waals surface area contributed by atoms with Crippen LogP contribution in [-0.2, 0) is 6.42 Å². The summed E-state index contributed by atoms with van der Waals surface area (Å²) >= 11 is 5.87. The van der Waals surface area contributed by atoms with Gasteiger partial charge in [0.05, 0.1) is 0 Å². The molecule has 0 bridgehead atoms. The Morgan fingerprint density at radius 3 is 3.00 bits per heavy atom. The first-order chi connectivity index (χ1) is 10.7. The lowest BCUT2D eigenvalue weighted by Crippen LogP contribution is -2.30. The van der Waals surface area contributed by atoms with Crippen molar-refractivity contribution in [3.05, 3.63) is 59.4 Å². The van der Waals surface area contributed by atoms with Gasteiger partial charge < -0.3 is 15.1 Å². The van der Waals surface area contributed by atoms with E-state index in [-0.39, 0.29) is 6.03 Å². The minimum Gasteiger partial charge on any atom is -0.443 e. The van der Waals surface area contributed by atoms with Crippen molar-refractivity contribution in [1.82, 2.24) is 10.3 Å². The lowest BCUT2D eigenvalue weighted by molar-refractivity contribution is 0.252. The van der Waals surface area contributed by atoms with E-state index in [0.717, 1.165) is 16.7 Å². The molecule has 0 unspecified atom stereocenters. The summed E-state index contributed by atoms with van der Waals surface area (Å²) < 4.78 is 5.19. The van der Waals surface area contributed by atoms with Crippen molar-refractivity contribution in [3.8, 4) is 0 Å². The maximum absolute atomic E-state index is 11.8. The third kappa shape index (κ3) is 3.56. The SMILES string of the molecule is O=C(NCCc1ccc2ocnc2c1)Nc1cccc(Cl)c1. The average Bonchev–Trinajstić information content (AvgIpc) is 2.95. The lowest BCUT2D eigenvalue weighted by atomic mass is 10.1. The summed E-state index contributed by atoms with van der Waals surface area (Å²) in [6.45, 7) is 0.524. The lowest BCUT2D eigenvalue weighted by Gasteiger charge is -2.08. The van der Waals surface area contributed by atoms with Crippen molar-refractivity contribution in [2.45, 2.75) is 6.42 Å². The fourth-order valence-corrected chi connectivity index (χ4v) is 2.31. The summed E-state index contributed by atoms with van der Waals surface area (Å²) in [5, 5.41) is 6.12. The first-order valence-corrected chi connectivity index (χ1v) is 7.21. The fraction of sp³-hybridized carbons (Fsp3) is 0.125. The van der Waals surface area contributed by atoms with Crippen LogP contribution in [0.3, 0.4) is 0 Å². The van der Waals surface area contributed by atoms with Crippen LogP contribution in [-0.4, -0.2) is 17.6 Å². The van der Waals surface area contributed by atoms with E-state index in [4.69, 9.17) is 16.0 Å². The van der Waals surface area contributed by atoms with Crippen molar-refractivity contribution in [2.75, 3.05) is 11.9 Å². The number of nitrogens with zero attached hydrogens (tertiary/aromatic N) is 1. The van der Waals surface area contributed by atoms with Crippen molar-refractivity contribution in [1.29, 1.82) is 0 Å². The maximum Gasteiger partial charge on any atom is 0.319 e. The number of halogens is 1. The maximum atomic E-state index is 11.8. The van der Waals surface area contributed by atoms with Crippen molar-refractivity contribution in [2.24, 2.45) is 0 Å². The third-order valence-corrected chi connectivity index (χ3v) is 3.41. The molecule has 0 aliphatic rings. The molecule has 6 heteroatoms. The van der Waals surface area contributed by atoms with Gasteiger partial charge >= 0.3 is 6.03 Å². The molecule has 0 aliphatic heterocycles. The molecule has 112 valence electrons. The van der Waals surface area contributed by atoms with E-state index >= 15 is 0 Å². The Morgan fingerprint density at radius 1 is 1.23 bits per heavy atom. The van der Waals surface area contributed by atoms with Crippen LogP contribution in [0.2, 0.25) is 5.02 Å². The van der Waals surface area contributed by atoms with Crippen LogP contribution in [0.25, 0.3) is 11.1 Å². The number of amides is 2. The van der Waals surface area contributed by atoms with E-state index in [1.54, 1.807) is 24.3 Å². The van der Waals surface area contributed by atoms with Crippen molar-refractivity contribution < 1.29 is 9.21 Å². The molecule has 0 aliphatic carbocycles. The predicted molar refractivity (Wildman–Crippen MR) is 86.2 cm³/mol. The zero-order valence-corrected chi connectivity index (χ0v) is 12.4. The molecule has 2 amide bonds.